The van der Waals surface area contributed by atoms with E-state index in [4.69, 9.17) is 5.10 Å². The van der Waals surface area contributed by atoms with Gasteiger partial charge in [0.25, 0.3) is 0 Å². The first-order chi connectivity index (χ1) is 14.9. The van der Waals surface area contributed by atoms with Crippen molar-refractivity contribution in [1.82, 2.24) is 19.6 Å². The van der Waals surface area contributed by atoms with E-state index < -0.39 is 11.9 Å². The summed E-state index contributed by atoms with van der Waals surface area (Å²) in [6.45, 7) is 10.4. The number of halogens is 3. The maximum absolute atomic E-state index is 12.9. The van der Waals surface area contributed by atoms with E-state index >= 15 is 0 Å². The van der Waals surface area contributed by atoms with Crippen LogP contribution >= 0.6 is 0 Å². The Kier molecular flexibility index (Phi) is 6.79. The van der Waals surface area contributed by atoms with Crippen LogP contribution in [0.4, 0.5) is 13.2 Å². The molecule has 1 atom stereocenters. The fraction of sp³-hybridized carbons (Fsp3) is 0.458. The summed E-state index contributed by atoms with van der Waals surface area (Å²) in [6.07, 6.45) is 10.7. The molecule has 9 heteroatoms. The third kappa shape index (κ3) is 5.14. The first-order valence-corrected chi connectivity index (χ1v) is 10.6. The Hall–Kier alpha value is -2.25. The first kappa shape index (κ1) is 25.4. The summed E-state index contributed by atoms with van der Waals surface area (Å²) in [6, 6.07) is 2.85. The average molecular weight is 634 g/mol. The van der Waals surface area contributed by atoms with E-state index in [1.807, 2.05) is 42.9 Å². The number of aryl methyl sites for hydroxylation is 1. The fourth-order valence-corrected chi connectivity index (χ4v) is 4.17. The molecule has 1 aliphatic carbocycles. The van der Waals surface area contributed by atoms with Gasteiger partial charge in [0.2, 0.25) is 0 Å². The van der Waals surface area contributed by atoms with Crippen LogP contribution in [0.3, 0.4) is 0 Å². The van der Waals surface area contributed by atoms with Crippen molar-refractivity contribution in [3.63, 3.8) is 0 Å². The maximum Gasteiger partial charge on any atom is 0.388 e. The minimum absolute atomic E-state index is 0. The molecule has 5 nitrogen and oxygen atoms in total. The van der Waals surface area contributed by atoms with Crippen LogP contribution in [0.1, 0.15) is 52.4 Å². The van der Waals surface area contributed by atoms with Crippen molar-refractivity contribution in [2.45, 2.75) is 53.6 Å². The zero-order valence-corrected chi connectivity index (χ0v) is 21.6. The Morgan fingerprint density at radius 2 is 1.85 bits per heavy atom. The fourth-order valence-electron chi connectivity index (χ4n) is 4.17. The molecule has 179 valence electrons. The van der Waals surface area contributed by atoms with Crippen molar-refractivity contribution >= 4 is 17.2 Å². The second kappa shape index (κ2) is 8.84. The molecule has 1 radical (unpaired) electrons. The van der Waals surface area contributed by atoms with Crippen LogP contribution in [0.25, 0.3) is 11.5 Å². The maximum atomic E-state index is 12.9. The Bertz CT molecular complexity index is 1150. The van der Waals surface area contributed by atoms with Gasteiger partial charge in [0.05, 0.1) is 11.4 Å². The third-order valence-electron chi connectivity index (χ3n) is 5.93. The van der Waals surface area contributed by atoms with Gasteiger partial charge in [0, 0.05) is 43.2 Å². The van der Waals surface area contributed by atoms with Crippen molar-refractivity contribution < 1.29 is 33.3 Å². The van der Waals surface area contributed by atoms with Gasteiger partial charge in [-0.25, -0.2) is 18.2 Å². The molecule has 1 unspecified atom stereocenters. The monoisotopic (exact) mass is 634 g/mol. The quantitative estimate of drug-likeness (QED) is 0.385. The summed E-state index contributed by atoms with van der Waals surface area (Å²) < 4.78 is 41.6. The van der Waals surface area contributed by atoms with E-state index in [-0.39, 0.29) is 36.9 Å². The van der Waals surface area contributed by atoms with Crippen LogP contribution in [0.2, 0.25) is 0 Å². The topological polar surface area (TPSA) is 48.0 Å². The molecule has 0 amide bonds. The smallest absolute Gasteiger partial charge is 0.343 e. The molecule has 4 rings (SSSR count). The second-order valence-corrected chi connectivity index (χ2v) is 9.53. The predicted octanol–water partition coefficient (Wildman–Crippen LogP) is 5.68. The molecule has 33 heavy (non-hydrogen) atoms. The number of aliphatic imine (C=N–C) groups is 1. The van der Waals surface area contributed by atoms with Gasteiger partial charge in [0.15, 0.2) is 0 Å². The molecule has 2 aromatic rings. The molecule has 0 N–H and O–H groups in total. The minimum Gasteiger partial charge on any atom is -0.343 e. The standard InChI is InChI=1S/C24H26F3N5.Ir/c1-16(8-9-17-10-13-31(29-17)19-7-6-12-22(19,2)3)21-23(4,5)15-20(28-21)32-14-11-18(30-32)24(25,26)27;/h6,10-13,15-16H,8-9H2,1-5H3;/q-2;. The van der Waals surface area contributed by atoms with Gasteiger partial charge in [-0.2, -0.15) is 18.3 Å². The van der Waals surface area contributed by atoms with Crippen molar-refractivity contribution in [2.24, 2.45) is 21.7 Å². The molecule has 0 fully saturated rings. The SMILES string of the molecule is CC(CCc1ccn(C2=[C-]C=CC2(C)C)n1)C1=NC(n2[c-]cc(C(F)(F)F)n2)=CC1(C)C.[Ir]. The average Bonchev–Trinajstić information content (AvgIpc) is 3.43. The summed E-state index contributed by atoms with van der Waals surface area (Å²) in [4.78, 5) is 4.64. The van der Waals surface area contributed by atoms with Crippen LogP contribution in [-0.2, 0) is 32.7 Å². The molecule has 0 saturated heterocycles. The van der Waals surface area contributed by atoms with Crippen molar-refractivity contribution in [2.75, 3.05) is 0 Å². The van der Waals surface area contributed by atoms with Crippen LogP contribution in [-0.4, -0.2) is 25.3 Å². The summed E-state index contributed by atoms with van der Waals surface area (Å²) in [5.74, 6) is 0.493. The number of alkyl halides is 3. The predicted molar refractivity (Wildman–Crippen MR) is 117 cm³/mol. The third-order valence-corrected chi connectivity index (χ3v) is 5.93. The van der Waals surface area contributed by atoms with E-state index in [2.05, 4.69) is 49.2 Å². The molecule has 3 heterocycles. The largest absolute Gasteiger partial charge is 0.388 e. The molecule has 2 aromatic heterocycles. The van der Waals surface area contributed by atoms with Gasteiger partial charge in [-0.15, -0.1) is 6.07 Å². The molecule has 1 aliphatic heterocycles. The number of hydrogen-bond donors (Lipinski definition) is 0. The van der Waals surface area contributed by atoms with Crippen LogP contribution in [0.5, 0.6) is 0 Å². The van der Waals surface area contributed by atoms with Crippen LogP contribution in [0, 0.1) is 29.0 Å². The number of allylic oxidation sites excluding steroid dienone is 5. The van der Waals surface area contributed by atoms with Gasteiger partial charge in [-0.1, -0.05) is 58.0 Å². The molecule has 0 saturated carbocycles. The Balaban J connectivity index is 0.00000306. The summed E-state index contributed by atoms with van der Waals surface area (Å²) in [5.41, 5.74) is 1.45. The first-order valence-electron chi connectivity index (χ1n) is 10.6. The number of aromatic nitrogens is 4. The summed E-state index contributed by atoms with van der Waals surface area (Å²) in [5, 5.41) is 8.31. The molecule has 2 aliphatic rings. The van der Waals surface area contributed by atoms with Gasteiger partial charge < -0.3 is 9.67 Å². The second-order valence-electron chi connectivity index (χ2n) is 9.53. The van der Waals surface area contributed by atoms with Gasteiger partial charge >= 0.3 is 6.18 Å². The van der Waals surface area contributed by atoms with Crippen molar-refractivity contribution in [1.29, 1.82) is 0 Å². The summed E-state index contributed by atoms with van der Waals surface area (Å²) in [7, 11) is 0. The van der Waals surface area contributed by atoms with E-state index in [9.17, 15) is 13.2 Å². The van der Waals surface area contributed by atoms with Crippen LogP contribution in [0.15, 0.2) is 41.6 Å². The van der Waals surface area contributed by atoms with Crippen molar-refractivity contribution in [3.05, 3.63) is 60.2 Å². The normalized spacial score (nSPS) is 19.7. The van der Waals surface area contributed by atoms with E-state index in [0.29, 0.717) is 5.82 Å². The molecular formula is C24H26F3IrN5-2. The zero-order valence-electron chi connectivity index (χ0n) is 19.2. The van der Waals surface area contributed by atoms with E-state index in [0.717, 1.165) is 40.7 Å². The van der Waals surface area contributed by atoms with Gasteiger partial charge in [0.1, 0.15) is 0 Å². The van der Waals surface area contributed by atoms with E-state index in [1.54, 1.807) is 0 Å². The Labute approximate surface area is 205 Å². The minimum atomic E-state index is -4.50. The number of hydrogen-bond acceptors (Lipinski definition) is 3. The van der Waals surface area contributed by atoms with E-state index in [1.165, 1.54) is 0 Å². The summed E-state index contributed by atoms with van der Waals surface area (Å²) >= 11 is 0. The zero-order chi connectivity index (χ0) is 23.3. The Morgan fingerprint density at radius 1 is 1.12 bits per heavy atom. The molecule has 0 spiro atoms. The van der Waals surface area contributed by atoms with Gasteiger partial charge in [-0.3, -0.25) is 9.78 Å². The van der Waals surface area contributed by atoms with Gasteiger partial charge in [-0.05, 0) is 24.8 Å². The Morgan fingerprint density at radius 3 is 2.45 bits per heavy atom. The number of rotatable bonds is 6. The molecule has 0 aromatic carbocycles. The van der Waals surface area contributed by atoms with Crippen LogP contribution < -0.4 is 0 Å². The molecular weight excluding hydrogens is 608 g/mol. The number of nitrogens with zero attached hydrogens (tertiary/aromatic N) is 5. The molecule has 0 bridgehead atoms. The van der Waals surface area contributed by atoms with Crippen molar-refractivity contribution in [3.8, 4) is 0 Å².